The summed E-state index contributed by atoms with van der Waals surface area (Å²) in [6.07, 6.45) is 1.28. The fraction of sp³-hybridized carbons (Fsp3) is 0.100. The molecule has 0 saturated heterocycles. The average Bonchev–Trinajstić information content (AvgIpc) is 2.15. The highest BCUT2D eigenvalue weighted by molar-refractivity contribution is 5.65. The standard InChI is InChI=1S/C10H10FNO/c1-8(13-7-12-2)9-3-5-10(11)6-4-9/h3-7H,1H2,2H3. The summed E-state index contributed by atoms with van der Waals surface area (Å²) in [6, 6.07) is 5.91. The second-order valence-electron chi connectivity index (χ2n) is 2.41. The number of benzene rings is 1. The Morgan fingerprint density at radius 3 is 2.62 bits per heavy atom. The zero-order valence-electron chi connectivity index (χ0n) is 7.33. The number of hydrogen-bond acceptors (Lipinski definition) is 2. The quantitative estimate of drug-likeness (QED) is 0.397. The van der Waals surface area contributed by atoms with Crippen LogP contribution in [-0.2, 0) is 4.74 Å². The van der Waals surface area contributed by atoms with Gasteiger partial charge in [0.05, 0.1) is 0 Å². The van der Waals surface area contributed by atoms with Crippen LogP contribution in [0.25, 0.3) is 5.76 Å². The van der Waals surface area contributed by atoms with Crippen LogP contribution in [0.5, 0.6) is 0 Å². The molecule has 0 aromatic heterocycles. The van der Waals surface area contributed by atoms with Gasteiger partial charge in [0, 0.05) is 12.6 Å². The summed E-state index contributed by atoms with van der Waals surface area (Å²) in [5.41, 5.74) is 0.737. The smallest absolute Gasteiger partial charge is 0.176 e. The minimum absolute atomic E-state index is 0.277. The normalized spacial score (nSPS) is 10.3. The van der Waals surface area contributed by atoms with Crippen LogP contribution in [0.2, 0.25) is 0 Å². The van der Waals surface area contributed by atoms with E-state index in [1.807, 2.05) is 0 Å². The molecule has 0 aliphatic carbocycles. The predicted molar refractivity (Wildman–Crippen MR) is 50.9 cm³/mol. The minimum Gasteiger partial charge on any atom is -0.446 e. The Bertz CT molecular complexity index is 316. The fourth-order valence-electron chi connectivity index (χ4n) is 0.820. The van der Waals surface area contributed by atoms with Crippen molar-refractivity contribution in [3.05, 3.63) is 42.2 Å². The van der Waals surface area contributed by atoms with Gasteiger partial charge in [-0.15, -0.1) is 0 Å². The number of rotatable bonds is 3. The van der Waals surface area contributed by atoms with E-state index in [1.165, 1.54) is 18.5 Å². The van der Waals surface area contributed by atoms with Gasteiger partial charge in [0.15, 0.2) is 6.40 Å². The third-order valence-electron chi connectivity index (χ3n) is 1.47. The van der Waals surface area contributed by atoms with Crippen molar-refractivity contribution in [1.29, 1.82) is 0 Å². The van der Waals surface area contributed by atoms with Crippen molar-refractivity contribution in [3.63, 3.8) is 0 Å². The highest BCUT2D eigenvalue weighted by atomic mass is 19.1. The van der Waals surface area contributed by atoms with Crippen molar-refractivity contribution in [2.75, 3.05) is 7.05 Å². The van der Waals surface area contributed by atoms with Crippen LogP contribution in [0, 0.1) is 5.82 Å². The Labute approximate surface area is 76.4 Å². The molecule has 3 heteroatoms. The van der Waals surface area contributed by atoms with E-state index >= 15 is 0 Å². The molecule has 13 heavy (non-hydrogen) atoms. The zero-order valence-corrected chi connectivity index (χ0v) is 7.33. The van der Waals surface area contributed by atoms with Crippen LogP contribution >= 0.6 is 0 Å². The van der Waals surface area contributed by atoms with Crippen LogP contribution in [0.4, 0.5) is 4.39 Å². The molecule has 0 N–H and O–H groups in total. The molecule has 0 aliphatic heterocycles. The zero-order chi connectivity index (χ0) is 9.68. The van der Waals surface area contributed by atoms with Gasteiger partial charge in [-0.05, 0) is 24.3 Å². The van der Waals surface area contributed by atoms with Gasteiger partial charge in [-0.25, -0.2) is 4.39 Å². The van der Waals surface area contributed by atoms with Gasteiger partial charge in [-0.2, -0.15) is 0 Å². The summed E-state index contributed by atoms with van der Waals surface area (Å²) in [5, 5.41) is 0. The van der Waals surface area contributed by atoms with E-state index in [9.17, 15) is 4.39 Å². The monoisotopic (exact) mass is 179 g/mol. The molecule has 0 radical (unpaired) electrons. The van der Waals surface area contributed by atoms with E-state index in [1.54, 1.807) is 19.2 Å². The van der Waals surface area contributed by atoms with Crippen molar-refractivity contribution >= 4 is 12.2 Å². The first-order valence-electron chi connectivity index (χ1n) is 3.76. The van der Waals surface area contributed by atoms with Crippen LogP contribution in [0.3, 0.4) is 0 Å². The topological polar surface area (TPSA) is 21.6 Å². The molecule has 0 saturated carbocycles. The van der Waals surface area contributed by atoms with Crippen LogP contribution in [-0.4, -0.2) is 13.4 Å². The van der Waals surface area contributed by atoms with Crippen molar-refractivity contribution in [3.8, 4) is 0 Å². The SMILES string of the molecule is C=C(OC=NC)c1ccc(F)cc1. The fourth-order valence-corrected chi connectivity index (χ4v) is 0.820. The maximum atomic E-state index is 12.5. The first-order valence-corrected chi connectivity index (χ1v) is 3.76. The highest BCUT2D eigenvalue weighted by Crippen LogP contribution is 2.12. The molecule has 2 nitrogen and oxygen atoms in total. The van der Waals surface area contributed by atoms with Crippen LogP contribution < -0.4 is 0 Å². The average molecular weight is 179 g/mol. The lowest BCUT2D eigenvalue weighted by molar-refractivity contribution is 0.530. The highest BCUT2D eigenvalue weighted by Gasteiger charge is 1.98. The van der Waals surface area contributed by atoms with Gasteiger partial charge in [-0.3, -0.25) is 4.99 Å². The minimum atomic E-state index is -0.277. The molecule has 1 aromatic carbocycles. The van der Waals surface area contributed by atoms with Gasteiger partial charge in [0.25, 0.3) is 0 Å². The van der Waals surface area contributed by atoms with Crippen molar-refractivity contribution in [2.45, 2.75) is 0 Å². The Morgan fingerprint density at radius 1 is 1.46 bits per heavy atom. The van der Waals surface area contributed by atoms with E-state index in [-0.39, 0.29) is 5.82 Å². The second-order valence-corrected chi connectivity index (χ2v) is 2.41. The summed E-state index contributed by atoms with van der Waals surface area (Å²) in [4.78, 5) is 3.64. The molecule has 0 fully saturated rings. The second kappa shape index (κ2) is 4.40. The Morgan fingerprint density at radius 2 is 2.08 bits per heavy atom. The molecule has 0 atom stereocenters. The van der Waals surface area contributed by atoms with Crippen molar-refractivity contribution in [1.82, 2.24) is 0 Å². The largest absolute Gasteiger partial charge is 0.446 e. The lowest BCUT2D eigenvalue weighted by Crippen LogP contribution is -1.88. The van der Waals surface area contributed by atoms with Gasteiger partial charge in [-0.1, -0.05) is 6.58 Å². The number of nitrogens with zero attached hydrogens (tertiary/aromatic N) is 1. The predicted octanol–water partition coefficient (Wildman–Crippen LogP) is 2.47. The van der Waals surface area contributed by atoms with E-state index in [4.69, 9.17) is 4.74 Å². The molecule has 68 valence electrons. The molecule has 0 amide bonds. The van der Waals surface area contributed by atoms with Crippen molar-refractivity contribution in [2.24, 2.45) is 4.99 Å². The molecule has 0 bridgehead atoms. The molecular weight excluding hydrogens is 169 g/mol. The summed E-state index contributed by atoms with van der Waals surface area (Å²) in [6.45, 7) is 3.66. The Kier molecular flexibility index (Phi) is 3.20. The van der Waals surface area contributed by atoms with E-state index in [0.717, 1.165) is 5.56 Å². The number of aliphatic imine (C=N–C) groups is 1. The molecule has 0 heterocycles. The first kappa shape index (κ1) is 9.45. The van der Waals surface area contributed by atoms with Gasteiger partial charge in [0.2, 0.25) is 0 Å². The van der Waals surface area contributed by atoms with Gasteiger partial charge in [0.1, 0.15) is 11.6 Å². The van der Waals surface area contributed by atoms with Gasteiger partial charge < -0.3 is 4.74 Å². The van der Waals surface area contributed by atoms with E-state index in [0.29, 0.717) is 5.76 Å². The van der Waals surface area contributed by atoms with Crippen LogP contribution in [0.1, 0.15) is 5.56 Å². The van der Waals surface area contributed by atoms with Crippen LogP contribution in [0.15, 0.2) is 35.8 Å². The molecule has 1 rings (SSSR count). The van der Waals surface area contributed by atoms with Gasteiger partial charge >= 0.3 is 0 Å². The molecule has 0 unspecified atom stereocenters. The van der Waals surface area contributed by atoms with E-state index < -0.39 is 0 Å². The lowest BCUT2D eigenvalue weighted by atomic mass is 10.2. The summed E-state index contributed by atoms with van der Waals surface area (Å²) in [7, 11) is 1.60. The third-order valence-corrected chi connectivity index (χ3v) is 1.47. The van der Waals surface area contributed by atoms with Crippen molar-refractivity contribution < 1.29 is 9.13 Å². The molecule has 0 aliphatic rings. The molecular formula is C10H10FNO. The van der Waals surface area contributed by atoms with E-state index in [2.05, 4.69) is 11.6 Å². The summed E-state index contributed by atoms with van der Waals surface area (Å²) >= 11 is 0. The maximum Gasteiger partial charge on any atom is 0.176 e. The maximum absolute atomic E-state index is 12.5. The lowest BCUT2D eigenvalue weighted by Gasteiger charge is -2.02. The Balaban J connectivity index is 2.72. The first-order chi connectivity index (χ1) is 6.24. The number of hydrogen-bond donors (Lipinski definition) is 0. The number of halogens is 1. The summed E-state index contributed by atoms with van der Waals surface area (Å²) in [5.74, 6) is 0.173. The number of ether oxygens (including phenoxy) is 1. The molecule has 0 spiro atoms. The summed E-state index contributed by atoms with van der Waals surface area (Å²) < 4.78 is 17.5. The Hall–Kier alpha value is -1.64. The molecule has 1 aromatic rings. The third kappa shape index (κ3) is 2.71.